The Hall–Kier alpha value is -3.80. The van der Waals surface area contributed by atoms with Crippen molar-refractivity contribution in [2.45, 2.75) is 12.8 Å². The fraction of sp³-hybridized carbons (Fsp3) is 0.200. The minimum Gasteiger partial charge on any atom is -0.507 e. The lowest BCUT2D eigenvalue weighted by Crippen LogP contribution is -2.33. The SMILES string of the molecule is COc1ccc(CCc2ccc(N(C)C(=O)C(=O)c3ccccc3O)cc2)cc1OC. The van der Waals surface area contributed by atoms with Crippen LogP contribution < -0.4 is 14.4 Å². The van der Waals surface area contributed by atoms with Gasteiger partial charge < -0.3 is 19.5 Å². The minimum absolute atomic E-state index is 0.00844. The maximum atomic E-state index is 12.5. The number of Topliss-reactive ketones (excluding diaryl/α,β-unsaturated/α-hetero) is 1. The molecule has 0 aliphatic heterocycles. The highest BCUT2D eigenvalue weighted by atomic mass is 16.5. The van der Waals surface area contributed by atoms with Crippen molar-refractivity contribution in [2.75, 3.05) is 26.2 Å². The van der Waals surface area contributed by atoms with Crippen molar-refractivity contribution in [2.24, 2.45) is 0 Å². The van der Waals surface area contributed by atoms with Crippen LogP contribution in [0.25, 0.3) is 0 Å². The Morgan fingerprint density at radius 2 is 1.45 bits per heavy atom. The molecule has 0 heterocycles. The van der Waals surface area contributed by atoms with Crippen LogP contribution in [0.15, 0.2) is 66.7 Å². The lowest BCUT2D eigenvalue weighted by molar-refractivity contribution is -0.114. The van der Waals surface area contributed by atoms with E-state index in [1.165, 1.54) is 17.0 Å². The average molecular weight is 419 g/mol. The van der Waals surface area contributed by atoms with Gasteiger partial charge in [0, 0.05) is 12.7 Å². The molecule has 0 aliphatic carbocycles. The van der Waals surface area contributed by atoms with Crippen LogP contribution in [0.4, 0.5) is 5.69 Å². The van der Waals surface area contributed by atoms with Crippen LogP contribution in [0.2, 0.25) is 0 Å². The number of para-hydroxylation sites is 1. The van der Waals surface area contributed by atoms with Crippen LogP contribution in [0.5, 0.6) is 17.2 Å². The Labute approximate surface area is 181 Å². The maximum Gasteiger partial charge on any atom is 0.299 e. The van der Waals surface area contributed by atoms with Gasteiger partial charge in [-0.15, -0.1) is 0 Å². The first kappa shape index (κ1) is 21.9. The van der Waals surface area contributed by atoms with Crippen molar-refractivity contribution >= 4 is 17.4 Å². The number of rotatable bonds is 8. The summed E-state index contributed by atoms with van der Waals surface area (Å²) in [4.78, 5) is 26.3. The van der Waals surface area contributed by atoms with Gasteiger partial charge in [0.05, 0.1) is 19.8 Å². The summed E-state index contributed by atoms with van der Waals surface area (Å²) in [5.41, 5.74) is 2.82. The molecule has 0 bridgehead atoms. The Morgan fingerprint density at radius 3 is 2.10 bits per heavy atom. The number of aromatic hydroxyl groups is 1. The summed E-state index contributed by atoms with van der Waals surface area (Å²) in [7, 11) is 4.76. The number of anilines is 1. The van der Waals surface area contributed by atoms with Crippen molar-refractivity contribution in [1.29, 1.82) is 0 Å². The molecule has 3 aromatic rings. The monoisotopic (exact) mass is 419 g/mol. The standard InChI is InChI=1S/C25H25NO5/c1-26(25(29)24(28)20-6-4-5-7-21(20)27)19-13-10-17(11-14-19)8-9-18-12-15-22(30-2)23(16-18)31-3/h4-7,10-16,27H,8-9H2,1-3H3. The van der Waals surface area contributed by atoms with E-state index in [-0.39, 0.29) is 11.3 Å². The number of hydrogen-bond donors (Lipinski definition) is 1. The highest BCUT2D eigenvalue weighted by Gasteiger charge is 2.23. The van der Waals surface area contributed by atoms with E-state index < -0.39 is 11.7 Å². The topological polar surface area (TPSA) is 76.1 Å². The van der Waals surface area contributed by atoms with E-state index in [0.717, 1.165) is 24.0 Å². The number of hydrogen-bond acceptors (Lipinski definition) is 5. The molecule has 0 saturated heterocycles. The summed E-state index contributed by atoms with van der Waals surface area (Å²) in [6.07, 6.45) is 1.63. The predicted octanol–water partition coefficient (Wildman–Crippen LogP) is 4.04. The van der Waals surface area contributed by atoms with E-state index in [1.807, 2.05) is 30.3 Å². The zero-order chi connectivity index (χ0) is 22.4. The zero-order valence-electron chi connectivity index (χ0n) is 17.8. The number of ether oxygens (including phenoxy) is 2. The van der Waals surface area contributed by atoms with Crippen molar-refractivity contribution in [3.63, 3.8) is 0 Å². The van der Waals surface area contributed by atoms with Gasteiger partial charge in [-0.05, 0) is 60.4 Å². The van der Waals surface area contributed by atoms with Crippen LogP contribution in [0.1, 0.15) is 21.5 Å². The van der Waals surface area contributed by atoms with Crippen LogP contribution in [0.3, 0.4) is 0 Å². The summed E-state index contributed by atoms with van der Waals surface area (Å²) in [6.45, 7) is 0. The molecule has 0 radical (unpaired) electrons. The largest absolute Gasteiger partial charge is 0.507 e. The lowest BCUT2D eigenvalue weighted by Gasteiger charge is -2.17. The number of ketones is 1. The van der Waals surface area contributed by atoms with Gasteiger partial charge in [0.1, 0.15) is 5.75 Å². The maximum absolute atomic E-state index is 12.5. The Balaban J connectivity index is 1.65. The van der Waals surface area contributed by atoms with Crippen LogP contribution in [0, 0.1) is 0 Å². The molecule has 0 saturated carbocycles. The fourth-order valence-corrected chi connectivity index (χ4v) is 3.26. The lowest BCUT2D eigenvalue weighted by atomic mass is 10.0. The first-order valence-corrected chi connectivity index (χ1v) is 9.84. The molecule has 6 heteroatoms. The first-order chi connectivity index (χ1) is 14.9. The molecule has 1 N–H and O–H groups in total. The predicted molar refractivity (Wildman–Crippen MR) is 119 cm³/mol. The van der Waals surface area contributed by atoms with Gasteiger partial charge in [0.2, 0.25) is 0 Å². The molecule has 0 atom stereocenters. The smallest absolute Gasteiger partial charge is 0.299 e. The molecular formula is C25H25NO5. The quantitative estimate of drug-likeness (QED) is 0.441. The summed E-state index contributed by atoms with van der Waals surface area (Å²) in [5, 5.41) is 9.83. The molecule has 1 amide bonds. The van der Waals surface area contributed by atoms with Crippen molar-refractivity contribution in [3.8, 4) is 17.2 Å². The summed E-state index contributed by atoms with van der Waals surface area (Å²) in [6, 6.07) is 19.4. The number of amides is 1. The highest BCUT2D eigenvalue weighted by molar-refractivity contribution is 6.47. The third-order valence-electron chi connectivity index (χ3n) is 5.12. The molecule has 31 heavy (non-hydrogen) atoms. The number of nitrogens with zero attached hydrogens (tertiary/aromatic N) is 1. The summed E-state index contributed by atoms with van der Waals surface area (Å²) < 4.78 is 10.6. The Bertz CT molecular complexity index is 1080. The molecule has 0 aromatic heterocycles. The number of phenolic OH excluding ortho intramolecular Hbond substituents is 1. The third-order valence-corrected chi connectivity index (χ3v) is 5.12. The number of aryl methyl sites for hydroxylation is 2. The van der Waals surface area contributed by atoms with Gasteiger partial charge in [0.25, 0.3) is 11.7 Å². The number of likely N-dealkylation sites (N-methyl/N-ethyl adjacent to an activating group) is 1. The van der Waals surface area contributed by atoms with Gasteiger partial charge in [-0.3, -0.25) is 9.59 Å². The molecule has 3 aromatic carbocycles. The normalized spacial score (nSPS) is 10.4. The number of benzene rings is 3. The molecular weight excluding hydrogens is 394 g/mol. The summed E-state index contributed by atoms with van der Waals surface area (Å²) >= 11 is 0. The Kier molecular flexibility index (Phi) is 6.92. The van der Waals surface area contributed by atoms with E-state index in [4.69, 9.17) is 9.47 Å². The molecule has 160 valence electrons. The fourth-order valence-electron chi connectivity index (χ4n) is 3.26. The van der Waals surface area contributed by atoms with Crippen molar-refractivity contribution in [3.05, 3.63) is 83.4 Å². The number of methoxy groups -OCH3 is 2. The van der Waals surface area contributed by atoms with Crippen molar-refractivity contribution < 1.29 is 24.2 Å². The van der Waals surface area contributed by atoms with Crippen molar-refractivity contribution in [1.82, 2.24) is 0 Å². The second-order valence-electron chi connectivity index (χ2n) is 7.07. The highest BCUT2D eigenvalue weighted by Crippen LogP contribution is 2.28. The molecule has 0 unspecified atom stereocenters. The number of carbonyl (C=O) groups excluding carboxylic acids is 2. The third kappa shape index (κ3) is 5.04. The van der Waals surface area contributed by atoms with Gasteiger partial charge in [0.15, 0.2) is 11.5 Å². The van der Waals surface area contributed by atoms with Gasteiger partial charge in [-0.25, -0.2) is 0 Å². The van der Waals surface area contributed by atoms with Crippen LogP contribution in [-0.2, 0) is 17.6 Å². The minimum atomic E-state index is -0.752. The zero-order valence-corrected chi connectivity index (χ0v) is 17.8. The Morgan fingerprint density at radius 1 is 0.839 bits per heavy atom. The molecule has 0 fully saturated rings. The molecule has 6 nitrogen and oxygen atoms in total. The summed E-state index contributed by atoms with van der Waals surface area (Å²) in [5.74, 6) is -0.274. The van der Waals surface area contributed by atoms with E-state index in [9.17, 15) is 14.7 Å². The van der Waals surface area contributed by atoms with Gasteiger partial charge in [-0.2, -0.15) is 0 Å². The van der Waals surface area contributed by atoms with Crippen LogP contribution in [-0.4, -0.2) is 38.1 Å². The average Bonchev–Trinajstić information content (AvgIpc) is 2.81. The van der Waals surface area contributed by atoms with Crippen LogP contribution >= 0.6 is 0 Å². The number of phenols is 1. The van der Waals surface area contributed by atoms with E-state index >= 15 is 0 Å². The van der Waals surface area contributed by atoms with Gasteiger partial charge >= 0.3 is 0 Å². The van der Waals surface area contributed by atoms with E-state index in [1.54, 1.807) is 45.5 Å². The van der Waals surface area contributed by atoms with E-state index in [0.29, 0.717) is 17.2 Å². The first-order valence-electron chi connectivity index (χ1n) is 9.84. The molecule has 0 aliphatic rings. The van der Waals surface area contributed by atoms with E-state index in [2.05, 4.69) is 0 Å². The molecule has 3 rings (SSSR count). The second-order valence-corrected chi connectivity index (χ2v) is 7.07. The molecule has 0 spiro atoms. The van der Waals surface area contributed by atoms with Gasteiger partial charge in [-0.1, -0.05) is 30.3 Å². The second kappa shape index (κ2) is 9.80. The number of carbonyl (C=O) groups is 2.